The van der Waals surface area contributed by atoms with E-state index in [4.69, 9.17) is 4.74 Å². The van der Waals surface area contributed by atoms with Gasteiger partial charge in [-0.15, -0.1) is 35.9 Å². The van der Waals surface area contributed by atoms with Gasteiger partial charge in [0.2, 0.25) is 0 Å². The van der Waals surface area contributed by atoms with Gasteiger partial charge < -0.3 is 14.2 Å². The monoisotopic (exact) mass is 1060 g/mol. The predicted octanol–water partition coefficient (Wildman–Crippen LogP) is 15.1. The van der Waals surface area contributed by atoms with Gasteiger partial charge in [0, 0.05) is 35.0 Å². The molecule has 7 aromatic carbocycles. The fourth-order valence-electron chi connectivity index (χ4n) is 9.84. The number of imidazole rings is 1. The first-order valence-electron chi connectivity index (χ1n) is 23.3. The van der Waals surface area contributed by atoms with Gasteiger partial charge in [-0.1, -0.05) is 167 Å². The van der Waals surface area contributed by atoms with Gasteiger partial charge in [0.15, 0.2) is 0 Å². The molecule has 0 radical (unpaired) electrons. The normalized spacial score (nSPS) is 13.9. The summed E-state index contributed by atoms with van der Waals surface area (Å²) in [5.41, 5.74) is 16.5. The minimum Gasteiger partial charge on any atom is -0.510 e. The van der Waals surface area contributed by atoms with Gasteiger partial charge >= 0.3 is 21.1 Å². The molecule has 5 heteroatoms. The van der Waals surface area contributed by atoms with Crippen molar-refractivity contribution in [3.05, 3.63) is 215 Å². The maximum atomic E-state index is 7.00. The van der Waals surface area contributed by atoms with Crippen molar-refractivity contribution in [3.63, 3.8) is 0 Å². The molecule has 0 saturated carbocycles. The molecule has 338 valence electrons. The van der Waals surface area contributed by atoms with E-state index in [9.17, 15) is 0 Å². The standard InChI is InChI=1S/C62H60N3O.Pt/c1-58(2,3)41-20-19-21-45(33-41)65-56-27-18-17-26-54(56)62(52-24-15-13-22-50(52)51-23-14-16-25-53(51)62)55-29-28-48(39-57(55)65)66-49-37-44(61(10,11)12)36-47(38-49)64-31-30-63(40-64)46-34-42(59(4,5)6)32-43(35-46)60(7,8)9;/h13-20,22-37H,1-12H3;/q-3;+4. The quantitative estimate of drug-likeness (QED) is 0.127. The second-order valence-electron chi connectivity index (χ2n) is 22.4. The van der Waals surface area contributed by atoms with Crippen molar-refractivity contribution < 1.29 is 30.4 Å². The third kappa shape index (κ3) is 8.00. The average molecular weight is 1060 g/mol. The number of aromatic nitrogens is 2. The first-order valence-corrected chi connectivity index (χ1v) is 23.3. The van der Waals surface area contributed by atoms with Crippen molar-refractivity contribution >= 4 is 17.1 Å². The number of anilines is 3. The van der Waals surface area contributed by atoms with Gasteiger partial charge in [0.05, 0.1) is 5.69 Å². The van der Waals surface area contributed by atoms with Crippen LogP contribution in [0.15, 0.2) is 146 Å². The minimum atomic E-state index is -0.586. The number of benzene rings is 7. The Balaban J connectivity index is 0.00000562. The van der Waals surface area contributed by atoms with Crippen molar-refractivity contribution in [2.24, 2.45) is 0 Å². The van der Waals surface area contributed by atoms with Crippen LogP contribution < -0.4 is 14.2 Å². The summed E-state index contributed by atoms with van der Waals surface area (Å²) in [5, 5.41) is 0. The largest absolute Gasteiger partial charge is 4.00 e. The maximum absolute atomic E-state index is 7.00. The van der Waals surface area contributed by atoms with E-state index in [1.54, 1.807) is 0 Å². The Morgan fingerprint density at radius 1 is 0.507 bits per heavy atom. The van der Waals surface area contributed by atoms with E-state index in [2.05, 4.69) is 263 Å². The van der Waals surface area contributed by atoms with E-state index in [1.165, 1.54) is 44.5 Å². The Hall–Kier alpha value is -5.96. The number of nitrogens with zero attached hydrogens (tertiary/aromatic N) is 3. The molecule has 0 unspecified atom stereocenters. The molecule has 0 atom stereocenters. The fourth-order valence-corrected chi connectivity index (χ4v) is 9.84. The summed E-state index contributed by atoms with van der Waals surface area (Å²) in [7, 11) is 0. The zero-order chi connectivity index (χ0) is 46.6. The Bertz CT molecular complexity index is 3100. The molecule has 0 fully saturated rings. The van der Waals surface area contributed by atoms with Crippen LogP contribution in [-0.4, -0.2) is 4.57 Å². The van der Waals surface area contributed by atoms with Crippen molar-refractivity contribution in [1.82, 2.24) is 4.57 Å². The number of para-hydroxylation sites is 1. The Morgan fingerprint density at radius 3 is 1.67 bits per heavy atom. The minimum absolute atomic E-state index is 0. The molecular formula is C62H60N3OPt+. The number of fused-ring (bicyclic) bond motifs is 9. The van der Waals surface area contributed by atoms with Gasteiger partial charge in [-0.2, -0.15) is 41.5 Å². The van der Waals surface area contributed by atoms with Crippen molar-refractivity contribution in [1.29, 1.82) is 0 Å². The van der Waals surface area contributed by atoms with Crippen LogP contribution in [0.25, 0.3) is 22.5 Å². The SMILES string of the molecule is CC(C)(C)c1cc[c-]c(N2c3[c-]c(Oc4[c-]c(-n5[c-][n+](-c6cc(C(C)(C)C)cc(C(C)(C)C)c6)cc5)cc(C(C)(C)C)c4)ccc3C3(c4ccccc4-c4ccccc43)c3ccccc32)c1.[Pt+4]. The fraction of sp³-hybridized carbons (Fsp3) is 0.274. The van der Waals surface area contributed by atoms with Crippen molar-refractivity contribution in [2.45, 2.75) is 110 Å². The molecule has 1 aliphatic carbocycles. The third-order valence-corrected chi connectivity index (χ3v) is 13.6. The Kier molecular flexibility index (Phi) is 11.3. The number of rotatable bonds is 5. The molecule has 8 aromatic rings. The summed E-state index contributed by atoms with van der Waals surface area (Å²) in [6.45, 7) is 27.1. The summed E-state index contributed by atoms with van der Waals surface area (Å²) in [4.78, 5) is 2.34. The third-order valence-electron chi connectivity index (χ3n) is 13.6. The Morgan fingerprint density at radius 2 is 1.06 bits per heavy atom. The zero-order valence-corrected chi connectivity index (χ0v) is 43.2. The summed E-state index contributed by atoms with van der Waals surface area (Å²) in [5.74, 6) is 1.22. The molecule has 0 bridgehead atoms. The van der Waals surface area contributed by atoms with E-state index < -0.39 is 5.41 Å². The number of hydrogen-bond donors (Lipinski definition) is 0. The van der Waals surface area contributed by atoms with Gasteiger partial charge in [-0.05, 0) is 84.5 Å². The summed E-state index contributed by atoms with van der Waals surface area (Å²) >= 11 is 0. The summed E-state index contributed by atoms with van der Waals surface area (Å²) in [6, 6.07) is 60.0. The van der Waals surface area contributed by atoms with Crippen LogP contribution in [0.4, 0.5) is 17.1 Å². The molecule has 0 saturated heterocycles. The summed E-state index contributed by atoms with van der Waals surface area (Å²) < 4.78 is 11.1. The molecule has 2 aliphatic rings. The van der Waals surface area contributed by atoms with Gasteiger partial charge in [-0.3, -0.25) is 4.57 Å². The second kappa shape index (κ2) is 16.4. The molecule has 67 heavy (non-hydrogen) atoms. The van der Waals surface area contributed by atoms with Gasteiger partial charge in [-0.25, -0.2) is 0 Å². The summed E-state index contributed by atoms with van der Waals surface area (Å²) in [6.07, 6.45) is 7.77. The van der Waals surface area contributed by atoms with Crippen LogP contribution >= 0.6 is 0 Å². The smallest absolute Gasteiger partial charge is 0.510 e. The van der Waals surface area contributed by atoms with Crippen LogP contribution in [0.1, 0.15) is 128 Å². The topological polar surface area (TPSA) is 21.3 Å². The zero-order valence-electron chi connectivity index (χ0n) is 40.9. The van der Waals surface area contributed by atoms with Crippen LogP contribution in [0.3, 0.4) is 0 Å². The molecule has 0 N–H and O–H groups in total. The number of ether oxygens (including phenoxy) is 1. The van der Waals surface area contributed by atoms with E-state index in [-0.39, 0.29) is 42.7 Å². The molecular weight excluding hydrogens is 998 g/mol. The van der Waals surface area contributed by atoms with E-state index in [1.807, 2.05) is 4.57 Å². The van der Waals surface area contributed by atoms with Gasteiger partial charge in [0.25, 0.3) is 6.33 Å². The molecule has 1 aliphatic heterocycles. The average Bonchev–Trinajstić information content (AvgIpc) is 3.88. The van der Waals surface area contributed by atoms with Crippen LogP contribution in [0.5, 0.6) is 11.5 Å². The maximum Gasteiger partial charge on any atom is 4.00 e. The second-order valence-corrected chi connectivity index (χ2v) is 22.4. The van der Waals surface area contributed by atoms with Crippen molar-refractivity contribution in [2.75, 3.05) is 4.90 Å². The van der Waals surface area contributed by atoms with Crippen LogP contribution in [0.2, 0.25) is 0 Å². The molecule has 1 aromatic heterocycles. The first-order chi connectivity index (χ1) is 31.2. The predicted molar refractivity (Wildman–Crippen MR) is 270 cm³/mol. The van der Waals surface area contributed by atoms with E-state index in [0.29, 0.717) is 11.5 Å². The number of hydrogen-bond acceptors (Lipinski definition) is 2. The first kappa shape index (κ1) is 46.2. The van der Waals surface area contributed by atoms with Gasteiger partial charge in [0.1, 0.15) is 0 Å². The van der Waals surface area contributed by atoms with Crippen LogP contribution in [-0.2, 0) is 48.1 Å². The van der Waals surface area contributed by atoms with Crippen LogP contribution in [0, 0.1) is 24.5 Å². The molecule has 2 heterocycles. The molecule has 1 spiro atoms. The molecule has 4 nitrogen and oxygen atoms in total. The van der Waals surface area contributed by atoms with E-state index in [0.717, 1.165) is 39.6 Å². The molecule has 0 amide bonds. The van der Waals surface area contributed by atoms with E-state index >= 15 is 0 Å². The Labute approximate surface area is 413 Å². The molecule has 10 rings (SSSR count). The van der Waals surface area contributed by atoms with Crippen molar-refractivity contribution in [3.8, 4) is 34.0 Å².